The minimum atomic E-state index is -4.53. The number of nitrogens with zero attached hydrogens (tertiary/aromatic N) is 3. The summed E-state index contributed by atoms with van der Waals surface area (Å²) in [5.41, 5.74) is 1.81. The topological polar surface area (TPSA) is 57.7 Å². The predicted molar refractivity (Wildman–Crippen MR) is 182 cm³/mol. The number of aromatic nitrogens is 1. The number of hydrogen-bond donors (Lipinski definition) is 1. The summed E-state index contributed by atoms with van der Waals surface area (Å²) in [6, 6.07) is 19.0. The van der Waals surface area contributed by atoms with E-state index in [1.807, 2.05) is 30.3 Å². The van der Waals surface area contributed by atoms with Crippen molar-refractivity contribution in [1.82, 2.24) is 20.1 Å². The second-order valence-electron chi connectivity index (χ2n) is 13.4. The Hall–Kier alpha value is -3.66. The first-order valence-corrected chi connectivity index (χ1v) is 17.3. The molecule has 3 fully saturated rings. The van der Waals surface area contributed by atoms with E-state index in [2.05, 4.69) is 15.1 Å². The molecule has 0 spiro atoms. The number of benzene rings is 3. The number of carbonyl (C=O) groups excluding carboxylic acids is 1. The Morgan fingerprint density at radius 3 is 2.38 bits per heavy atom. The molecule has 0 unspecified atom stereocenters. The molecule has 0 bridgehead atoms. The van der Waals surface area contributed by atoms with Gasteiger partial charge >= 0.3 is 6.18 Å². The molecular weight excluding hydrogens is 637 g/mol. The summed E-state index contributed by atoms with van der Waals surface area (Å²) in [5, 5.41) is 4.20. The number of halogens is 4. The van der Waals surface area contributed by atoms with E-state index in [-0.39, 0.29) is 5.91 Å². The summed E-state index contributed by atoms with van der Waals surface area (Å²) < 4.78 is 47.4. The van der Waals surface area contributed by atoms with Gasteiger partial charge in [-0.15, -0.1) is 0 Å². The lowest BCUT2D eigenvalue weighted by Gasteiger charge is -2.40. The molecule has 3 aromatic carbocycles. The third-order valence-corrected chi connectivity index (χ3v) is 10.6. The number of fused-ring (bicyclic) bond motifs is 1. The number of carbonyl (C=O) groups is 1. The Morgan fingerprint density at radius 1 is 0.979 bits per heavy atom. The van der Waals surface area contributed by atoms with Gasteiger partial charge in [-0.25, -0.2) is 4.98 Å². The third kappa shape index (κ3) is 6.65. The molecule has 7 rings (SSSR count). The highest BCUT2D eigenvalue weighted by Crippen LogP contribution is 2.46. The van der Waals surface area contributed by atoms with E-state index in [0.29, 0.717) is 56.6 Å². The average molecular weight is 677 g/mol. The van der Waals surface area contributed by atoms with E-state index in [4.69, 9.17) is 21.3 Å². The van der Waals surface area contributed by atoms with Gasteiger partial charge in [0.25, 0.3) is 5.91 Å². The SMILES string of the molecule is COc1cc2nc(-c3cccc(C(F)(F)F)c3)c(CN3CCC(N4CCCCC4)CC3)c(C(=O)NC3(c4ccccc4)CC3)c2cc1Cl. The quantitative estimate of drug-likeness (QED) is 0.203. The maximum atomic E-state index is 14.7. The number of rotatable bonds is 8. The van der Waals surface area contributed by atoms with Crippen molar-refractivity contribution in [1.29, 1.82) is 0 Å². The van der Waals surface area contributed by atoms with E-state index in [0.717, 1.165) is 69.6 Å². The summed E-state index contributed by atoms with van der Waals surface area (Å²) in [4.78, 5) is 24.6. The molecule has 1 amide bonds. The Morgan fingerprint density at radius 2 is 1.71 bits per heavy atom. The van der Waals surface area contributed by atoms with Crippen LogP contribution in [0.4, 0.5) is 13.2 Å². The van der Waals surface area contributed by atoms with Gasteiger partial charge in [0.2, 0.25) is 0 Å². The number of ether oxygens (including phenoxy) is 1. The van der Waals surface area contributed by atoms with Gasteiger partial charge in [-0.1, -0.05) is 60.5 Å². The second-order valence-corrected chi connectivity index (χ2v) is 13.8. The molecule has 3 heterocycles. The zero-order chi connectivity index (χ0) is 33.5. The molecular formula is C38H40ClF3N4O2. The number of methoxy groups -OCH3 is 1. The van der Waals surface area contributed by atoms with Gasteiger partial charge < -0.3 is 15.0 Å². The number of likely N-dealkylation sites (tertiary alicyclic amines) is 2. The van der Waals surface area contributed by atoms with Crippen LogP contribution in [0.2, 0.25) is 5.02 Å². The van der Waals surface area contributed by atoms with Crippen molar-refractivity contribution in [3.05, 3.63) is 94.0 Å². The molecule has 6 nitrogen and oxygen atoms in total. The monoisotopic (exact) mass is 676 g/mol. The van der Waals surface area contributed by atoms with Crippen LogP contribution < -0.4 is 10.1 Å². The summed E-state index contributed by atoms with van der Waals surface area (Å²) in [5.74, 6) is 0.0740. The Bertz CT molecular complexity index is 1800. The van der Waals surface area contributed by atoms with Gasteiger partial charge in [-0.2, -0.15) is 13.2 Å². The molecule has 1 aliphatic carbocycles. The Kier molecular flexibility index (Phi) is 9.13. The molecule has 1 aromatic heterocycles. The van der Waals surface area contributed by atoms with Crippen molar-refractivity contribution in [2.75, 3.05) is 33.3 Å². The van der Waals surface area contributed by atoms with Crippen LogP contribution in [0.3, 0.4) is 0 Å². The molecule has 4 aromatic rings. The predicted octanol–water partition coefficient (Wildman–Crippen LogP) is 8.45. The maximum absolute atomic E-state index is 14.7. The molecule has 2 aliphatic heterocycles. The molecule has 0 radical (unpaired) electrons. The fourth-order valence-electron chi connectivity index (χ4n) is 7.55. The van der Waals surface area contributed by atoms with Crippen LogP contribution >= 0.6 is 11.6 Å². The van der Waals surface area contributed by atoms with Crippen LogP contribution in [0.5, 0.6) is 5.75 Å². The number of nitrogens with one attached hydrogen (secondary N) is 1. The second kappa shape index (κ2) is 13.3. The summed E-state index contributed by atoms with van der Waals surface area (Å²) >= 11 is 6.66. The van der Waals surface area contributed by atoms with E-state index in [1.165, 1.54) is 32.4 Å². The number of amides is 1. The minimum Gasteiger partial charge on any atom is -0.495 e. The largest absolute Gasteiger partial charge is 0.495 e. The van der Waals surface area contributed by atoms with E-state index < -0.39 is 17.3 Å². The van der Waals surface area contributed by atoms with Crippen LogP contribution in [0, 0.1) is 0 Å². The fraction of sp³-hybridized carbons (Fsp3) is 0.421. The van der Waals surface area contributed by atoms with E-state index >= 15 is 0 Å². The highest BCUT2D eigenvalue weighted by Gasteiger charge is 2.46. The van der Waals surface area contributed by atoms with E-state index in [9.17, 15) is 18.0 Å². The van der Waals surface area contributed by atoms with Crippen molar-refractivity contribution < 1.29 is 22.7 Å². The highest BCUT2D eigenvalue weighted by atomic mass is 35.5. The fourth-order valence-corrected chi connectivity index (χ4v) is 7.79. The molecule has 3 aliphatic rings. The van der Waals surface area contributed by atoms with Crippen LogP contribution in [0.15, 0.2) is 66.7 Å². The van der Waals surface area contributed by atoms with Gasteiger partial charge in [0.1, 0.15) is 5.75 Å². The smallest absolute Gasteiger partial charge is 0.416 e. The van der Waals surface area contributed by atoms with Gasteiger partial charge in [0.05, 0.1) is 40.0 Å². The molecule has 2 saturated heterocycles. The zero-order valence-electron chi connectivity index (χ0n) is 27.1. The van der Waals surface area contributed by atoms with Gasteiger partial charge in [-0.3, -0.25) is 9.69 Å². The lowest BCUT2D eigenvalue weighted by Crippen LogP contribution is -2.46. The van der Waals surface area contributed by atoms with Crippen LogP contribution in [0.1, 0.15) is 72.0 Å². The van der Waals surface area contributed by atoms with Crippen molar-refractivity contribution in [3.63, 3.8) is 0 Å². The normalized spacial score (nSPS) is 18.9. The molecule has 1 saturated carbocycles. The molecule has 252 valence electrons. The lowest BCUT2D eigenvalue weighted by molar-refractivity contribution is -0.137. The van der Waals surface area contributed by atoms with Gasteiger partial charge in [-0.05, 0) is 88.5 Å². The standard InChI is InChI=1S/C38H40ClF3N4O2/c1-48-33-23-32-29(22-31(33)39)34(36(47)44-37(15-16-37)26-10-4-2-5-11-26)30(35(43-32)25-9-8-12-27(21-25)38(40,41)42)24-45-19-13-28(14-20-45)46-17-6-3-7-18-46/h2,4-5,8-12,21-23,28H,3,6-7,13-20,24H2,1H3,(H,44,47). The van der Waals surface area contributed by atoms with Crippen molar-refractivity contribution in [2.45, 2.75) is 69.2 Å². The number of piperidine rings is 2. The van der Waals surface area contributed by atoms with Gasteiger partial charge in [0.15, 0.2) is 0 Å². The zero-order valence-corrected chi connectivity index (χ0v) is 27.8. The van der Waals surface area contributed by atoms with Crippen molar-refractivity contribution >= 4 is 28.4 Å². The Balaban J connectivity index is 1.34. The molecule has 10 heteroatoms. The van der Waals surface area contributed by atoms with Crippen LogP contribution in [0.25, 0.3) is 22.2 Å². The lowest BCUT2D eigenvalue weighted by atomic mass is 9.93. The summed E-state index contributed by atoms with van der Waals surface area (Å²) in [7, 11) is 1.49. The van der Waals surface area contributed by atoms with Crippen LogP contribution in [-0.2, 0) is 18.3 Å². The first-order chi connectivity index (χ1) is 23.1. The van der Waals surface area contributed by atoms with E-state index in [1.54, 1.807) is 18.2 Å². The average Bonchev–Trinajstić information content (AvgIpc) is 3.89. The van der Waals surface area contributed by atoms with Crippen LogP contribution in [-0.4, -0.2) is 60.0 Å². The third-order valence-electron chi connectivity index (χ3n) is 10.3. The van der Waals surface area contributed by atoms with Crippen molar-refractivity contribution in [3.8, 4) is 17.0 Å². The molecule has 1 N–H and O–H groups in total. The summed E-state index contributed by atoms with van der Waals surface area (Å²) in [6.07, 6.45) is 2.81. The van der Waals surface area contributed by atoms with Gasteiger partial charge in [0, 0.05) is 35.2 Å². The highest BCUT2D eigenvalue weighted by molar-refractivity contribution is 6.33. The summed E-state index contributed by atoms with van der Waals surface area (Å²) in [6.45, 7) is 4.28. The molecule has 48 heavy (non-hydrogen) atoms. The first-order valence-electron chi connectivity index (χ1n) is 16.9. The van der Waals surface area contributed by atoms with Crippen molar-refractivity contribution in [2.24, 2.45) is 0 Å². The number of pyridine rings is 1. The maximum Gasteiger partial charge on any atom is 0.416 e. The number of alkyl halides is 3. The minimum absolute atomic E-state index is 0.295. The number of hydrogen-bond acceptors (Lipinski definition) is 5. The first kappa shape index (κ1) is 32.9. The molecule has 0 atom stereocenters. The Labute approximate surface area is 284 Å².